The molecule has 1 aromatic rings. The molecule has 6 nitrogen and oxygen atoms in total. The Bertz CT molecular complexity index is 514. The number of carbonyl (C=O) groups is 1. The third kappa shape index (κ3) is 4.81. The van der Waals surface area contributed by atoms with Crippen LogP contribution in [0.3, 0.4) is 0 Å². The quantitative estimate of drug-likeness (QED) is 0.672. The topological polar surface area (TPSA) is 77.0 Å². The highest BCUT2D eigenvalue weighted by atomic mass is 16.6. The van der Waals surface area contributed by atoms with E-state index in [1.165, 1.54) is 19.3 Å². The van der Waals surface area contributed by atoms with Gasteiger partial charge in [-0.1, -0.05) is 0 Å². The molecule has 0 spiro atoms. The van der Waals surface area contributed by atoms with Crippen molar-refractivity contribution in [1.29, 1.82) is 0 Å². The van der Waals surface area contributed by atoms with Gasteiger partial charge in [-0.2, -0.15) is 4.99 Å². The first-order valence-corrected chi connectivity index (χ1v) is 5.61. The molecule has 0 aromatic heterocycles. The largest absolute Gasteiger partial charge is 0.494 e. The summed E-state index contributed by atoms with van der Waals surface area (Å²) >= 11 is 0. The molecule has 6 heteroatoms. The Balaban J connectivity index is 2.86. The molecule has 0 aliphatic heterocycles. The van der Waals surface area contributed by atoms with Crippen molar-refractivity contribution in [2.45, 2.75) is 26.4 Å². The molecular weight excluding hydrogens is 248 g/mol. The van der Waals surface area contributed by atoms with E-state index in [1.807, 2.05) is 0 Å². The minimum atomic E-state index is -0.573. The van der Waals surface area contributed by atoms with E-state index in [1.54, 1.807) is 32.9 Å². The van der Waals surface area contributed by atoms with Crippen molar-refractivity contribution in [3.8, 4) is 5.75 Å². The molecule has 19 heavy (non-hydrogen) atoms. The Hall–Kier alpha value is -2.33. The predicted octanol–water partition coefficient (Wildman–Crippen LogP) is 3.01. The summed E-state index contributed by atoms with van der Waals surface area (Å²) in [6.07, 6.45) is 0.865. The highest BCUT2D eigenvalue weighted by molar-refractivity contribution is 5.85. The summed E-state index contributed by atoms with van der Waals surface area (Å²) in [6, 6.07) is 4.67. The molecule has 1 aromatic carbocycles. The second kappa shape index (κ2) is 6.02. The smallest absolute Gasteiger partial charge is 0.412 e. The Kier molecular flexibility index (Phi) is 4.67. The number of isocyanates is 1. The number of nitrogens with zero attached hydrogens (tertiary/aromatic N) is 1. The van der Waals surface area contributed by atoms with Crippen LogP contribution in [0.4, 0.5) is 16.2 Å². The zero-order chi connectivity index (χ0) is 14.5. The molecule has 0 atom stereocenters. The second-order valence-electron chi connectivity index (χ2n) is 4.72. The fourth-order valence-corrected chi connectivity index (χ4v) is 1.32. The maximum atomic E-state index is 11.6. The van der Waals surface area contributed by atoms with Crippen molar-refractivity contribution >= 4 is 23.5 Å². The number of carbonyl (C=O) groups excluding carboxylic acids is 2. The van der Waals surface area contributed by atoms with E-state index in [-0.39, 0.29) is 0 Å². The van der Waals surface area contributed by atoms with Crippen molar-refractivity contribution in [2.24, 2.45) is 4.99 Å². The third-order valence-electron chi connectivity index (χ3n) is 1.99. The fraction of sp³-hybridized carbons (Fsp3) is 0.385. The van der Waals surface area contributed by atoms with Crippen LogP contribution in [0, 0.1) is 0 Å². The Morgan fingerprint density at radius 2 is 2.05 bits per heavy atom. The summed E-state index contributed by atoms with van der Waals surface area (Å²) < 4.78 is 10.2. The van der Waals surface area contributed by atoms with E-state index in [0.29, 0.717) is 17.1 Å². The Morgan fingerprint density at radius 3 is 2.58 bits per heavy atom. The van der Waals surface area contributed by atoms with E-state index < -0.39 is 11.7 Å². The summed E-state index contributed by atoms with van der Waals surface area (Å²) in [5, 5.41) is 2.56. The fourth-order valence-electron chi connectivity index (χ4n) is 1.32. The summed E-state index contributed by atoms with van der Waals surface area (Å²) in [4.78, 5) is 25.3. The molecule has 0 radical (unpaired) electrons. The van der Waals surface area contributed by atoms with Crippen molar-refractivity contribution in [3.63, 3.8) is 0 Å². The number of methoxy groups -OCH3 is 1. The molecular formula is C13H16N2O4. The number of amides is 1. The number of rotatable bonds is 3. The molecule has 0 bridgehead atoms. The van der Waals surface area contributed by atoms with Gasteiger partial charge in [-0.3, -0.25) is 5.32 Å². The summed E-state index contributed by atoms with van der Waals surface area (Å²) in [5.74, 6) is 0.358. The van der Waals surface area contributed by atoms with E-state index in [4.69, 9.17) is 9.47 Å². The summed E-state index contributed by atoms with van der Waals surface area (Å²) in [5.41, 5.74) is 0.249. The molecule has 102 valence electrons. The molecule has 0 saturated carbocycles. The third-order valence-corrected chi connectivity index (χ3v) is 1.99. The minimum Gasteiger partial charge on any atom is -0.494 e. The number of hydrogen-bond donors (Lipinski definition) is 1. The second-order valence-corrected chi connectivity index (χ2v) is 4.72. The molecule has 1 amide bonds. The van der Waals surface area contributed by atoms with Gasteiger partial charge < -0.3 is 9.47 Å². The molecule has 0 aliphatic carbocycles. The monoisotopic (exact) mass is 264 g/mol. The van der Waals surface area contributed by atoms with E-state index >= 15 is 0 Å². The number of ether oxygens (including phenoxy) is 2. The number of anilines is 1. The van der Waals surface area contributed by atoms with Gasteiger partial charge in [-0.25, -0.2) is 9.59 Å². The van der Waals surface area contributed by atoms with E-state index in [2.05, 4.69) is 10.3 Å². The molecule has 1 N–H and O–H groups in total. The molecule has 0 heterocycles. The van der Waals surface area contributed by atoms with Crippen LogP contribution in [0.2, 0.25) is 0 Å². The van der Waals surface area contributed by atoms with Gasteiger partial charge in [0.15, 0.2) is 0 Å². The molecule has 0 saturated heterocycles. The Labute approximate surface area is 111 Å². The predicted molar refractivity (Wildman–Crippen MR) is 70.6 cm³/mol. The van der Waals surface area contributed by atoms with Crippen molar-refractivity contribution < 1.29 is 19.1 Å². The normalized spacial score (nSPS) is 10.3. The number of nitrogens with one attached hydrogen (secondary N) is 1. The van der Waals surface area contributed by atoms with Gasteiger partial charge in [0.25, 0.3) is 0 Å². The van der Waals surface area contributed by atoms with Gasteiger partial charge in [0.05, 0.1) is 7.11 Å². The lowest BCUT2D eigenvalue weighted by molar-refractivity contribution is 0.0636. The average Bonchev–Trinajstić information content (AvgIpc) is 2.28. The maximum absolute atomic E-state index is 11.6. The summed E-state index contributed by atoms with van der Waals surface area (Å²) in [6.45, 7) is 5.32. The molecule has 1 rings (SSSR count). The first-order chi connectivity index (χ1) is 8.85. The first kappa shape index (κ1) is 14.7. The van der Waals surface area contributed by atoms with Crippen LogP contribution in [-0.4, -0.2) is 24.9 Å². The highest BCUT2D eigenvalue weighted by Gasteiger charge is 2.16. The lowest BCUT2D eigenvalue weighted by Crippen LogP contribution is -2.27. The van der Waals surface area contributed by atoms with Crippen molar-refractivity contribution in [3.05, 3.63) is 18.2 Å². The van der Waals surface area contributed by atoms with Crippen LogP contribution in [0.5, 0.6) is 5.75 Å². The van der Waals surface area contributed by atoms with E-state index in [0.717, 1.165) is 0 Å². The van der Waals surface area contributed by atoms with Gasteiger partial charge in [0, 0.05) is 11.8 Å². The van der Waals surface area contributed by atoms with E-state index in [9.17, 15) is 9.59 Å². The zero-order valence-electron chi connectivity index (χ0n) is 11.3. The number of hydrogen-bond acceptors (Lipinski definition) is 5. The standard InChI is InChI=1S/C13H16N2O4/c1-13(2,3)19-12(17)15-9-5-6-10(14-8-16)11(7-9)18-4/h5-7H,1-4H3,(H,15,17). The number of benzene rings is 1. The lowest BCUT2D eigenvalue weighted by atomic mass is 10.2. The average molecular weight is 264 g/mol. The molecule has 0 unspecified atom stereocenters. The minimum absolute atomic E-state index is 0.340. The first-order valence-electron chi connectivity index (χ1n) is 5.61. The zero-order valence-corrected chi connectivity index (χ0v) is 11.3. The van der Waals surface area contributed by atoms with Gasteiger partial charge in [0.1, 0.15) is 17.0 Å². The number of aliphatic imine (C=N–C) groups is 1. The van der Waals surface area contributed by atoms with Crippen molar-refractivity contribution in [2.75, 3.05) is 12.4 Å². The maximum Gasteiger partial charge on any atom is 0.412 e. The molecule has 0 aliphatic rings. The van der Waals surface area contributed by atoms with Crippen LogP contribution in [0.1, 0.15) is 20.8 Å². The lowest BCUT2D eigenvalue weighted by Gasteiger charge is -2.19. The molecule has 0 fully saturated rings. The van der Waals surface area contributed by atoms with Crippen LogP contribution >= 0.6 is 0 Å². The van der Waals surface area contributed by atoms with Crippen LogP contribution in [0.15, 0.2) is 23.2 Å². The van der Waals surface area contributed by atoms with Gasteiger partial charge in [0.2, 0.25) is 6.08 Å². The summed E-state index contributed by atoms with van der Waals surface area (Å²) in [7, 11) is 1.44. The van der Waals surface area contributed by atoms with Crippen LogP contribution < -0.4 is 10.1 Å². The SMILES string of the molecule is COc1cc(NC(=O)OC(C)(C)C)ccc1N=C=O. The van der Waals surface area contributed by atoms with Gasteiger partial charge in [-0.05, 0) is 32.9 Å². The van der Waals surface area contributed by atoms with Crippen LogP contribution in [-0.2, 0) is 9.53 Å². The van der Waals surface area contributed by atoms with Gasteiger partial charge in [-0.15, -0.1) is 0 Å². The van der Waals surface area contributed by atoms with Crippen LogP contribution in [0.25, 0.3) is 0 Å². The van der Waals surface area contributed by atoms with Crippen molar-refractivity contribution in [1.82, 2.24) is 0 Å². The Morgan fingerprint density at radius 1 is 1.37 bits per heavy atom. The highest BCUT2D eigenvalue weighted by Crippen LogP contribution is 2.30. The van der Waals surface area contributed by atoms with Gasteiger partial charge >= 0.3 is 6.09 Å².